The zero-order chi connectivity index (χ0) is 13.8. The summed E-state index contributed by atoms with van der Waals surface area (Å²) in [4.78, 5) is 11.4. The average Bonchev–Trinajstić information content (AvgIpc) is 2.69. The fraction of sp³-hybridized carbons (Fsp3) is 0.538. The van der Waals surface area contributed by atoms with Gasteiger partial charge in [0, 0.05) is 6.54 Å². The number of aryl methyl sites for hydroxylation is 1. The third-order valence-electron chi connectivity index (χ3n) is 2.54. The van der Waals surface area contributed by atoms with Gasteiger partial charge in [0.15, 0.2) is 0 Å². The van der Waals surface area contributed by atoms with Crippen LogP contribution in [-0.4, -0.2) is 19.6 Å². The van der Waals surface area contributed by atoms with E-state index in [0.29, 0.717) is 30.2 Å². The number of hydrogen-bond acceptors (Lipinski definition) is 5. The third kappa shape index (κ3) is 3.60. The van der Waals surface area contributed by atoms with Gasteiger partial charge in [0.05, 0.1) is 25.1 Å². The first kappa shape index (κ1) is 14.3. The van der Waals surface area contributed by atoms with E-state index < -0.39 is 11.4 Å². The van der Waals surface area contributed by atoms with E-state index in [4.69, 9.17) is 9.68 Å². The number of carbonyl (C=O) groups is 1. The highest BCUT2D eigenvalue weighted by atomic mass is 16.5. The Morgan fingerprint density at radius 2 is 2.28 bits per heavy atom. The molecule has 0 saturated carbocycles. The van der Waals surface area contributed by atoms with Crippen LogP contribution < -0.4 is 5.32 Å². The monoisotopic (exact) mass is 250 g/mol. The van der Waals surface area contributed by atoms with E-state index in [-0.39, 0.29) is 0 Å². The van der Waals surface area contributed by atoms with Gasteiger partial charge in [-0.2, -0.15) is 5.26 Å². The van der Waals surface area contributed by atoms with Crippen LogP contribution in [0.3, 0.4) is 0 Å². The lowest BCUT2D eigenvalue weighted by molar-refractivity contribution is 0.0599. The lowest BCUT2D eigenvalue weighted by Crippen LogP contribution is -2.27. The number of nitrogens with zero attached hydrogens (tertiary/aromatic N) is 1. The molecule has 1 aromatic rings. The molecule has 1 N–H and O–H groups in total. The quantitative estimate of drug-likeness (QED) is 0.809. The van der Waals surface area contributed by atoms with Gasteiger partial charge in [0.2, 0.25) is 0 Å². The SMILES string of the molecule is COC(=O)c1cc(CNCC(C)(C)C#N)oc1C. The predicted octanol–water partition coefficient (Wildman–Crippen LogP) is 2.01. The zero-order valence-electron chi connectivity index (χ0n) is 11.2. The second-order valence-corrected chi connectivity index (χ2v) is 4.77. The molecule has 0 aliphatic carbocycles. The molecule has 5 nitrogen and oxygen atoms in total. The Morgan fingerprint density at radius 1 is 1.61 bits per heavy atom. The Kier molecular flexibility index (Phi) is 4.51. The molecule has 18 heavy (non-hydrogen) atoms. The van der Waals surface area contributed by atoms with Gasteiger partial charge in [-0.3, -0.25) is 0 Å². The molecule has 1 heterocycles. The lowest BCUT2D eigenvalue weighted by Gasteiger charge is -2.14. The van der Waals surface area contributed by atoms with Crippen molar-refractivity contribution in [1.29, 1.82) is 5.26 Å². The fourth-order valence-electron chi connectivity index (χ4n) is 1.48. The predicted molar refractivity (Wildman–Crippen MR) is 65.9 cm³/mol. The van der Waals surface area contributed by atoms with Crippen molar-refractivity contribution in [3.63, 3.8) is 0 Å². The molecule has 1 rings (SSSR count). The van der Waals surface area contributed by atoms with Crippen LogP contribution in [0.4, 0.5) is 0 Å². The molecule has 0 spiro atoms. The molecular formula is C13H18N2O3. The van der Waals surface area contributed by atoms with Crippen LogP contribution in [0.5, 0.6) is 0 Å². The second kappa shape index (κ2) is 5.69. The molecule has 0 aliphatic rings. The van der Waals surface area contributed by atoms with Crippen LogP contribution >= 0.6 is 0 Å². The van der Waals surface area contributed by atoms with Gasteiger partial charge >= 0.3 is 5.97 Å². The van der Waals surface area contributed by atoms with Gasteiger partial charge < -0.3 is 14.5 Å². The van der Waals surface area contributed by atoms with Crippen molar-refractivity contribution >= 4 is 5.97 Å². The van der Waals surface area contributed by atoms with Crippen molar-refractivity contribution < 1.29 is 13.9 Å². The summed E-state index contributed by atoms with van der Waals surface area (Å²) in [6.07, 6.45) is 0. The highest BCUT2D eigenvalue weighted by molar-refractivity contribution is 5.90. The number of rotatable bonds is 5. The molecule has 0 unspecified atom stereocenters. The fourth-order valence-corrected chi connectivity index (χ4v) is 1.48. The Labute approximate surface area is 107 Å². The molecule has 0 bridgehead atoms. The van der Waals surface area contributed by atoms with E-state index in [1.807, 2.05) is 13.8 Å². The van der Waals surface area contributed by atoms with Crippen LogP contribution in [0.25, 0.3) is 0 Å². The molecule has 1 aromatic heterocycles. The maximum absolute atomic E-state index is 11.4. The lowest BCUT2D eigenvalue weighted by atomic mass is 9.96. The van der Waals surface area contributed by atoms with Crippen molar-refractivity contribution in [3.05, 3.63) is 23.2 Å². The van der Waals surface area contributed by atoms with Crippen LogP contribution in [0.2, 0.25) is 0 Å². The summed E-state index contributed by atoms with van der Waals surface area (Å²) >= 11 is 0. The Morgan fingerprint density at radius 3 is 2.83 bits per heavy atom. The Balaban J connectivity index is 2.60. The van der Waals surface area contributed by atoms with E-state index in [1.165, 1.54) is 7.11 Å². The molecule has 98 valence electrons. The zero-order valence-corrected chi connectivity index (χ0v) is 11.2. The number of carbonyl (C=O) groups excluding carboxylic acids is 1. The Bertz CT molecular complexity index is 469. The maximum atomic E-state index is 11.4. The molecule has 0 saturated heterocycles. The number of ether oxygens (including phenoxy) is 1. The first-order valence-corrected chi connectivity index (χ1v) is 5.69. The number of hydrogen-bond donors (Lipinski definition) is 1. The molecule has 0 atom stereocenters. The largest absolute Gasteiger partial charge is 0.465 e. The number of furan rings is 1. The molecular weight excluding hydrogens is 232 g/mol. The topological polar surface area (TPSA) is 75.3 Å². The van der Waals surface area contributed by atoms with Crippen molar-refractivity contribution in [1.82, 2.24) is 5.32 Å². The maximum Gasteiger partial charge on any atom is 0.341 e. The van der Waals surface area contributed by atoms with Gasteiger partial charge in [-0.25, -0.2) is 4.79 Å². The van der Waals surface area contributed by atoms with Gasteiger partial charge in [-0.15, -0.1) is 0 Å². The number of nitriles is 1. The minimum Gasteiger partial charge on any atom is -0.465 e. The number of nitrogens with one attached hydrogen (secondary N) is 1. The van der Waals surface area contributed by atoms with Gasteiger partial charge in [0.1, 0.15) is 17.1 Å². The molecule has 0 aliphatic heterocycles. The Hall–Kier alpha value is -1.80. The average molecular weight is 250 g/mol. The first-order valence-electron chi connectivity index (χ1n) is 5.69. The van der Waals surface area contributed by atoms with Crippen LogP contribution in [0.1, 0.15) is 35.7 Å². The van der Waals surface area contributed by atoms with Crippen LogP contribution in [0, 0.1) is 23.7 Å². The van der Waals surface area contributed by atoms with Gasteiger partial charge in [-0.1, -0.05) is 0 Å². The summed E-state index contributed by atoms with van der Waals surface area (Å²) in [7, 11) is 1.34. The molecule has 0 fully saturated rings. The molecule has 5 heteroatoms. The molecule has 0 radical (unpaired) electrons. The second-order valence-electron chi connectivity index (χ2n) is 4.77. The number of esters is 1. The highest BCUT2D eigenvalue weighted by Crippen LogP contribution is 2.16. The van der Waals surface area contributed by atoms with E-state index in [1.54, 1.807) is 13.0 Å². The van der Waals surface area contributed by atoms with Crippen molar-refractivity contribution in [2.24, 2.45) is 5.41 Å². The molecule has 0 aromatic carbocycles. The van der Waals surface area contributed by atoms with E-state index >= 15 is 0 Å². The van der Waals surface area contributed by atoms with Crippen molar-refractivity contribution in [2.75, 3.05) is 13.7 Å². The van der Waals surface area contributed by atoms with E-state index in [0.717, 1.165) is 0 Å². The summed E-state index contributed by atoms with van der Waals surface area (Å²) in [5.74, 6) is 0.791. The smallest absolute Gasteiger partial charge is 0.341 e. The summed E-state index contributed by atoms with van der Waals surface area (Å²) < 4.78 is 10.1. The van der Waals surface area contributed by atoms with E-state index in [9.17, 15) is 4.79 Å². The first-order chi connectivity index (χ1) is 8.39. The minimum absolute atomic E-state index is 0.403. The van der Waals surface area contributed by atoms with Crippen LogP contribution in [-0.2, 0) is 11.3 Å². The highest BCUT2D eigenvalue weighted by Gasteiger charge is 2.18. The van der Waals surface area contributed by atoms with Crippen LogP contribution in [0.15, 0.2) is 10.5 Å². The normalized spacial score (nSPS) is 11.1. The van der Waals surface area contributed by atoms with E-state index in [2.05, 4.69) is 16.1 Å². The summed E-state index contributed by atoms with van der Waals surface area (Å²) in [5, 5.41) is 12.0. The summed E-state index contributed by atoms with van der Waals surface area (Å²) in [6, 6.07) is 3.86. The minimum atomic E-state index is -0.424. The van der Waals surface area contributed by atoms with Crippen molar-refractivity contribution in [3.8, 4) is 6.07 Å². The van der Waals surface area contributed by atoms with Gasteiger partial charge in [-0.05, 0) is 26.8 Å². The standard InChI is InChI=1S/C13H18N2O3/c1-9-11(12(16)17-4)5-10(18-9)6-15-8-13(2,3)7-14/h5,15H,6,8H2,1-4H3. The summed E-state index contributed by atoms with van der Waals surface area (Å²) in [5.41, 5.74) is 0.0150. The summed E-state index contributed by atoms with van der Waals surface area (Å²) in [6.45, 7) is 6.45. The third-order valence-corrected chi connectivity index (χ3v) is 2.54. The van der Waals surface area contributed by atoms with Crippen molar-refractivity contribution in [2.45, 2.75) is 27.3 Å². The van der Waals surface area contributed by atoms with Gasteiger partial charge in [0.25, 0.3) is 0 Å². The number of methoxy groups -OCH3 is 1. The molecule has 0 amide bonds.